The molecule has 5 rings (SSSR count). The van der Waals surface area contributed by atoms with Crippen molar-refractivity contribution in [2.45, 2.75) is 44.2 Å². The third-order valence-corrected chi connectivity index (χ3v) is 6.58. The van der Waals surface area contributed by atoms with E-state index < -0.39 is 11.5 Å². The topological polar surface area (TPSA) is 57.6 Å². The number of carbonyl (C=O) groups excluding carboxylic acids is 2. The quantitative estimate of drug-likeness (QED) is 0.598. The molecule has 1 unspecified atom stereocenters. The standard InChI is InChI=1S/C27H24FNO3/c28-22-13-9-18(10-14-22)17-29-24-8-4-3-7-23(24)27(32,26(29)31)16-25(30)21-12-11-19-5-1-2-6-20(19)15-21/h3-4,7-15,32H,1-2,5-6,16-17H2. The first-order valence-corrected chi connectivity index (χ1v) is 11.0. The molecule has 2 aliphatic rings. The third kappa shape index (κ3) is 3.53. The molecule has 32 heavy (non-hydrogen) atoms. The Morgan fingerprint density at radius 1 is 0.969 bits per heavy atom. The molecule has 3 aromatic rings. The van der Waals surface area contributed by atoms with Crippen LogP contribution in [0.5, 0.6) is 0 Å². The molecule has 0 saturated carbocycles. The van der Waals surface area contributed by atoms with Crippen LogP contribution in [0.2, 0.25) is 0 Å². The molecule has 0 aromatic heterocycles. The number of para-hydroxylation sites is 1. The molecule has 1 aliphatic carbocycles. The van der Waals surface area contributed by atoms with Gasteiger partial charge in [-0.25, -0.2) is 4.39 Å². The van der Waals surface area contributed by atoms with E-state index in [1.807, 2.05) is 12.1 Å². The van der Waals surface area contributed by atoms with Crippen molar-refractivity contribution in [2.75, 3.05) is 4.90 Å². The van der Waals surface area contributed by atoms with E-state index in [2.05, 4.69) is 0 Å². The molecule has 3 aromatic carbocycles. The number of nitrogens with zero attached hydrogens (tertiary/aromatic N) is 1. The summed E-state index contributed by atoms with van der Waals surface area (Å²) in [7, 11) is 0. The van der Waals surface area contributed by atoms with Crippen molar-refractivity contribution in [1.29, 1.82) is 0 Å². The van der Waals surface area contributed by atoms with Crippen molar-refractivity contribution in [2.24, 2.45) is 0 Å². The van der Waals surface area contributed by atoms with Gasteiger partial charge in [-0.2, -0.15) is 0 Å². The van der Waals surface area contributed by atoms with Crippen LogP contribution in [-0.4, -0.2) is 16.8 Å². The lowest BCUT2D eigenvalue weighted by atomic mass is 9.85. The zero-order valence-electron chi connectivity index (χ0n) is 17.7. The number of benzene rings is 3. The van der Waals surface area contributed by atoms with Crippen LogP contribution >= 0.6 is 0 Å². The summed E-state index contributed by atoms with van der Waals surface area (Å²) in [5, 5.41) is 11.5. The Bertz CT molecular complexity index is 1200. The second-order valence-corrected chi connectivity index (χ2v) is 8.69. The van der Waals surface area contributed by atoms with E-state index in [4.69, 9.17) is 0 Å². The fourth-order valence-electron chi connectivity index (χ4n) is 4.85. The van der Waals surface area contributed by atoms with Gasteiger partial charge in [0.2, 0.25) is 0 Å². The average molecular weight is 429 g/mol. The molecule has 1 amide bonds. The van der Waals surface area contributed by atoms with Crippen LogP contribution in [0.1, 0.15) is 51.9 Å². The van der Waals surface area contributed by atoms with E-state index in [-0.39, 0.29) is 24.6 Å². The van der Waals surface area contributed by atoms with Crippen LogP contribution < -0.4 is 4.90 Å². The van der Waals surface area contributed by atoms with Gasteiger partial charge in [0.25, 0.3) is 5.91 Å². The van der Waals surface area contributed by atoms with Gasteiger partial charge in [0.05, 0.1) is 18.7 Å². The SMILES string of the molecule is O=C(CC1(O)C(=O)N(Cc2ccc(F)cc2)c2ccccc21)c1ccc2c(c1)CCCC2. The summed E-state index contributed by atoms with van der Waals surface area (Å²) in [6.45, 7) is 0.186. The number of hydrogen-bond donors (Lipinski definition) is 1. The molecule has 1 aliphatic heterocycles. The molecule has 0 bridgehead atoms. The number of rotatable bonds is 5. The van der Waals surface area contributed by atoms with Crippen molar-refractivity contribution in [1.82, 2.24) is 0 Å². The zero-order chi connectivity index (χ0) is 22.3. The Morgan fingerprint density at radius 3 is 2.47 bits per heavy atom. The first kappa shape index (κ1) is 20.6. The Balaban J connectivity index is 1.44. The lowest BCUT2D eigenvalue weighted by Gasteiger charge is -2.23. The van der Waals surface area contributed by atoms with E-state index in [9.17, 15) is 19.1 Å². The smallest absolute Gasteiger partial charge is 0.264 e. The maximum absolute atomic E-state index is 13.4. The van der Waals surface area contributed by atoms with Crippen LogP contribution in [0.15, 0.2) is 66.7 Å². The van der Waals surface area contributed by atoms with Gasteiger partial charge in [0.15, 0.2) is 11.4 Å². The number of hydrogen-bond acceptors (Lipinski definition) is 3. The molecule has 4 nitrogen and oxygen atoms in total. The average Bonchev–Trinajstić information content (AvgIpc) is 3.02. The number of halogens is 1. The highest BCUT2D eigenvalue weighted by molar-refractivity contribution is 6.10. The predicted molar refractivity (Wildman–Crippen MR) is 120 cm³/mol. The molecule has 0 saturated heterocycles. The zero-order valence-corrected chi connectivity index (χ0v) is 17.7. The van der Waals surface area contributed by atoms with Gasteiger partial charge in [-0.3, -0.25) is 9.59 Å². The highest BCUT2D eigenvalue weighted by Crippen LogP contribution is 2.43. The van der Waals surface area contributed by atoms with Crippen LogP contribution in [0, 0.1) is 5.82 Å². The first-order valence-electron chi connectivity index (χ1n) is 11.0. The second kappa shape index (κ2) is 7.99. The fourth-order valence-corrected chi connectivity index (χ4v) is 4.85. The monoisotopic (exact) mass is 429 g/mol. The molecule has 1 N–H and O–H groups in total. The molecular formula is C27H24FNO3. The second-order valence-electron chi connectivity index (χ2n) is 8.69. The van der Waals surface area contributed by atoms with Crippen molar-refractivity contribution in [3.05, 3.63) is 100 Å². The molecule has 0 radical (unpaired) electrons. The lowest BCUT2D eigenvalue weighted by Crippen LogP contribution is -2.41. The Hall–Kier alpha value is -3.31. The fraction of sp³-hybridized carbons (Fsp3) is 0.259. The summed E-state index contributed by atoms with van der Waals surface area (Å²) in [5.74, 6) is -1.14. The van der Waals surface area contributed by atoms with Gasteiger partial charge in [-0.1, -0.05) is 42.5 Å². The predicted octanol–water partition coefficient (Wildman–Crippen LogP) is 4.71. The van der Waals surface area contributed by atoms with Gasteiger partial charge in [0.1, 0.15) is 5.82 Å². The number of aryl methyl sites for hydroxylation is 2. The van der Waals surface area contributed by atoms with Gasteiger partial charge < -0.3 is 10.0 Å². The van der Waals surface area contributed by atoms with Crippen LogP contribution in [0.4, 0.5) is 10.1 Å². The van der Waals surface area contributed by atoms with Crippen molar-refractivity contribution in [3.8, 4) is 0 Å². The molecule has 1 heterocycles. The number of Topliss-reactive ketones (excluding diaryl/α,β-unsaturated/α-hetero) is 1. The Morgan fingerprint density at radius 2 is 1.69 bits per heavy atom. The molecule has 0 fully saturated rings. The summed E-state index contributed by atoms with van der Waals surface area (Å²) in [5.41, 5.74) is 2.80. The van der Waals surface area contributed by atoms with Crippen molar-refractivity contribution < 1.29 is 19.1 Å². The van der Waals surface area contributed by atoms with E-state index in [1.165, 1.54) is 28.2 Å². The van der Waals surface area contributed by atoms with Gasteiger partial charge >= 0.3 is 0 Å². The summed E-state index contributed by atoms with van der Waals surface area (Å²) < 4.78 is 13.3. The molecule has 5 heteroatoms. The third-order valence-electron chi connectivity index (χ3n) is 6.58. The van der Waals surface area contributed by atoms with E-state index in [1.54, 1.807) is 42.5 Å². The van der Waals surface area contributed by atoms with E-state index in [0.717, 1.165) is 31.2 Å². The van der Waals surface area contributed by atoms with Crippen LogP contribution in [0.3, 0.4) is 0 Å². The van der Waals surface area contributed by atoms with Gasteiger partial charge in [-0.15, -0.1) is 0 Å². The highest BCUT2D eigenvalue weighted by Gasteiger charge is 2.50. The van der Waals surface area contributed by atoms with Crippen LogP contribution in [-0.2, 0) is 29.8 Å². The van der Waals surface area contributed by atoms with E-state index >= 15 is 0 Å². The largest absolute Gasteiger partial charge is 0.375 e. The summed E-state index contributed by atoms with van der Waals surface area (Å²) in [4.78, 5) is 28.1. The minimum atomic E-state index is -1.93. The minimum absolute atomic E-state index is 0.186. The van der Waals surface area contributed by atoms with E-state index in [0.29, 0.717) is 16.8 Å². The maximum Gasteiger partial charge on any atom is 0.264 e. The number of carbonyl (C=O) groups is 2. The highest BCUT2D eigenvalue weighted by atomic mass is 19.1. The maximum atomic E-state index is 13.4. The lowest BCUT2D eigenvalue weighted by molar-refractivity contribution is -0.136. The summed E-state index contributed by atoms with van der Waals surface area (Å²) in [6, 6.07) is 18.6. The number of ketones is 1. The van der Waals surface area contributed by atoms with Gasteiger partial charge in [-0.05, 0) is 66.6 Å². The van der Waals surface area contributed by atoms with Crippen molar-refractivity contribution >= 4 is 17.4 Å². The summed E-state index contributed by atoms with van der Waals surface area (Å²) in [6.07, 6.45) is 3.93. The van der Waals surface area contributed by atoms with Crippen molar-refractivity contribution in [3.63, 3.8) is 0 Å². The number of aliphatic hydroxyl groups is 1. The van der Waals surface area contributed by atoms with Gasteiger partial charge in [0, 0.05) is 11.1 Å². The number of anilines is 1. The summed E-state index contributed by atoms with van der Waals surface area (Å²) >= 11 is 0. The first-order chi connectivity index (χ1) is 15.5. The minimum Gasteiger partial charge on any atom is -0.375 e. The molecular weight excluding hydrogens is 405 g/mol. The molecule has 1 atom stereocenters. The molecule has 162 valence electrons. The normalized spacial score (nSPS) is 19.6. The Kier molecular flexibility index (Phi) is 5.14. The Labute approximate surface area is 186 Å². The number of amides is 1. The number of fused-ring (bicyclic) bond motifs is 2. The van der Waals surface area contributed by atoms with Crippen LogP contribution in [0.25, 0.3) is 0 Å². The molecule has 0 spiro atoms.